The van der Waals surface area contributed by atoms with Gasteiger partial charge in [0.05, 0.1) is 0 Å². The first kappa shape index (κ1) is 14.5. The van der Waals surface area contributed by atoms with Gasteiger partial charge in [-0.15, -0.1) is 0 Å². The molecule has 1 saturated carbocycles. The minimum absolute atomic E-state index is 0.0496. The van der Waals surface area contributed by atoms with E-state index in [1.165, 1.54) is 24.0 Å². The van der Waals surface area contributed by atoms with E-state index in [9.17, 15) is 5.11 Å². The number of aliphatic hydroxyl groups is 1. The van der Waals surface area contributed by atoms with E-state index in [1.807, 2.05) is 0 Å². The molecular formula is C17H27NO. The zero-order valence-corrected chi connectivity index (χ0v) is 12.3. The van der Waals surface area contributed by atoms with E-state index >= 15 is 0 Å². The second-order valence-electron chi connectivity index (χ2n) is 5.98. The predicted octanol–water partition coefficient (Wildman–Crippen LogP) is 3.45. The van der Waals surface area contributed by atoms with E-state index in [-0.39, 0.29) is 12.0 Å². The van der Waals surface area contributed by atoms with Gasteiger partial charge < -0.3 is 10.4 Å². The van der Waals surface area contributed by atoms with E-state index < -0.39 is 0 Å². The van der Waals surface area contributed by atoms with Crippen molar-refractivity contribution in [3.05, 3.63) is 35.4 Å². The van der Waals surface area contributed by atoms with Gasteiger partial charge in [-0.25, -0.2) is 0 Å². The highest BCUT2D eigenvalue weighted by Crippen LogP contribution is 2.39. The highest BCUT2D eigenvalue weighted by atomic mass is 16.3. The molecule has 0 saturated heterocycles. The average molecular weight is 261 g/mol. The normalized spacial score (nSPS) is 15.7. The SMILES string of the molecule is CCC(CC)(CO)CNCc1ccc(C2CC2)cc1. The van der Waals surface area contributed by atoms with Gasteiger partial charge in [0.15, 0.2) is 0 Å². The van der Waals surface area contributed by atoms with Crippen LogP contribution in [0.3, 0.4) is 0 Å². The molecule has 0 radical (unpaired) electrons. The molecule has 0 unspecified atom stereocenters. The maximum Gasteiger partial charge on any atom is 0.0499 e. The third-order valence-corrected chi connectivity index (χ3v) is 4.69. The van der Waals surface area contributed by atoms with Crippen molar-refractivity contribution in [1.29, 1.82) is 0 Å². The van der Waals surface area contributed by atoms with Crippen molar-refractivity contribution in [2.45, 2.75) is 52.0 Å². The zero-order chi connectivity index (χ0) is 13.7. The standard InChI is InChI=1S/C17H27NO/c1-3-17(4-2,13-19)12-18-11-14-5-7-15(8-6-14)16-9-10-16/h5-8,16,18-19H,3-4,9-13H2,1-2H3. The van der Waals surface area contributed by atoms with E-state index in [1.54, 1.807) is 0 Å². The van der Waals surface area contributed by atoms with Gasteiger partial charge >= 0.3 is 0 Å². The van der Waals surface area contributed by atoms with Crippen LogP contribution in [0, 0.1) is 5.41 Å². The topological polar surface area (TPSA) is 32.3 Å². The quantitative estimate of drug-likeness (QED) is 0.751. The van der Waals surface area contributed by atoms with Crippen LogP contribution in [0.5, 0.6) is 0 Å². The Bertz CT molecular complexity index is 368. The number of rotatable bonds is 8. The van der Waals surface area contributed by atoms with Crippen molar-refractivity contribution in [3.63, 3.8) is 0 Å². The highest BCUT2D eigenvalue weighted by Gasteiger charge is 2.25. The summed E-state index contributed by atoms with van der Waals surface area (Å²) in [6, 6.07) is 9.01. The second kappa shape index (κ2) is 6.53. The summed E-state index contributed by atoms with van der Waals surface area (Å²) >= 11 is 0. The van der Waals surface area contributed by atoms with Crippen molar-refractivity contribution >= 4 is 0 Å². The lowest BCUT2D eigenvalue weighted by Crippen LogP contribution is -2.36. The molecule has 0 bridgehead atoms. The minimum atomic E-state index is 0.0496. The first-order chi connectivity index (χ1) is 9.23. The first-order valence-corrected chi connectivity index (χ1v) is 7.63. The molecule has 0 spiro atoms. The van der Waals surface area contributed by atoms with Crippen molar-refractivity contribution in [1.82, 2.24) is 5.32 Å². The average Bonchev–Trinajstić information content (AvgIpc) is 3.30. The molecule has 0 aliphatic heterocycles. The third kappa shape index (κ3) is 3.80. The molecule has 2 N–H and O–H groups in total. The van der Waals surface area contributed by atoms with E-state index in [4.69, 9.17) is 0 Å². The fraction of sp³-hybridized carbons (Fsp3) is 0.647. The van der Waals surface area contributed by atoms with Crippen LogP contribution in [0.4, 0.5) is 0 Å². The van der Waals surface area contributed by atoms with Crippen LogP contribution >= 0.6 is 0 Å². The molecule has 1 aromatic rings. The molecule has 1 fully saturated rings. The van der Waals surface area contributed by atoms with Crippen LogP contribution in [0.15, 0.2) is 24.3 Å². The number of aliphatic hydroxyl groups excluding tert-OH is 1. The summed E-state index contributed by atoms with van der Waals surface area (Å²) in [5, 5.41) is 13.0. The minimum Gasteiger partial charge on any atom is -0.396 e. The Morgan fingerprint density at radius 3 is 2.26 bits per heavy atom. The predicted molar refractivity (Wildman–Crippen MR) is 80.2 cm³/mol. The van der Waals surface area contributed by atoms with Crippen LogP contribution in [0.25, 0.3) is 0 Å². The number of hydrogen-bond acceptors (Lipinski definition) is 2. The van der Waals surface area contributed by atoms with Gasteiger partial charge in [0, 0.05) is 25.1 Å². The Morgan fingerprint density at radius 1 is 1.16 bits per heavy atom. The van der Waals surface area contributed by atoms with Gasteiger partial charge in [0.25, 0.3) is 0 Å². The molecule has 0 aromatic heterocycles. The highest BCUT2D eigenvalue weighted by molar-refractivity contribution is 5.27. The molecule has 106 valence electrons. The number of hydrogen-bond donors (Lipinski definition) is 2. The Kier molecular flexibility index (Phi) is 5.00. The smallest absolute Gasteiger partial charge is 0.0499 e. The molecule has 0 atom stereocenters. The van der Waals surface area contributed by atoms with Crippen molar-refractivity contribution in [3.8, 4) is 0 Å². The Morgan fingerprint density at radius 2 is 1.79 bits per heavy atom. The fourth-order valence-corrected chi connectivity index (χ4v) is 2.58. The van der Waals surface area contributed by atoms with Crippen molar-refractivity contribution in [2.75, 3.05) is 13.2 Å². The summed E-state index contributed by atoms with van der Waals surface area (Å²) in [5.74, 6) is 0.837. The third-order valence-electron chi connectivity index (χ3n) is 4.69. The van der Waals surface area contributed by atoms with Gasteiger partial charge in [-0.3, -0.25) is 0 Å². The summed E-state index contributed by atoms with van der Waals surface area (Å²) in [4.78, 5) is 0. The molecule has 2 heteroatoms. The van der Waals surface area contributed by atoms with Gasteiger partial charge in [-0.2, -0.15) is 0 Å². The summed E-state index contributed by atoms with van der Waals surface area (Å²) in [7, 11) is 0. The molecule has 2 nitrogen and oxygen atoms in total. The van der Waals surface area contributed by atoms with Crippen LogP contribution in [-0.4, -0.2) is 18.3 Å². The maximum absolute atomic E-state index is 9.54. The van der Waals surface area contributed by atoms with Gasteiger partial charge in [-0.05, 0) is 42.7 Å². The van der Waals surface area contributed by atoms with Crippen LogP contribution in [0.1, 0.15) is 56.6 Å². The lowest BCUT2D eigenvalue weighted by molar-refractivity contribution is 0.113. The van der Waals surface area contributed by atoms with Gasteiger partial charge in [-0.1, -0.05) is 38.1 Å². The lowest BCUT2D eigenvalue weighted by atomic mass is 9.83. The number of nitrogens with one attached hydrogen (secondary N) is 1. The molecular weight excluding hydrogens is 234 g/mol. The summed E-state index contributed by atoms with van der Waals surface area (Å²) in [6.45, 7) is 6.37. The summed E-state index contributed by atoms with van der Waals surface area (Å²) < 4.78 is 0. The second-order valence-corrected chi connectivity index (χ2v) is 5.98. The van der Waals surface area contributed by atoms with Crippen LogP contribution in [0.2, 0.25) is 0 Å². The maximum atomic E-state index is 9.54. The summed E-state index contributed by atoms with van der Waals surface area (Å²) in [6.07, 6.45) is 4.77. The number of benzene rings is 1. The molecule has 1 aliphatic carbocycles. The first-order valence-electron chi connectivity index (χ1n) is 7.63. The molecule has 1 aromatic carbocycles. The molecule has 19 heavy (non-hydrogen) atoms. The molecule has 0 heterocycles. The van der Waals surface area contributed by atoms with Crippen LogP contribution < -0.4 is 5.32 Å². The van der Waals surface area contributed by atoms with E-state index in [0.29, 0.717) is 0 Å². The lowest BCUT2D eigenvalue weighted by Gasteiger charge is -2.29. The monoisotopic (exact) mass is 261 g/mol. The zero-order valence-electron chi connectivity index (χ0n) is 12.3. The Hall–Kier alpha value is -0.860. The Labute approximate surface area is 117 Å². The molecule has 1 aliphatic rings. The fourth-order valence-electron chi connectivity index (χ4n) is 2.58. The van der Waals surface area contributed by atoms with Crippen molar-refractivity contribution in [2.24, 2.45) is 5.41 Å². The van der Waals surface area contributed by atoms with Crippen LogP contribution in [-0.2, 0) is 6.54 Å². The van der Waals surface area contributed by atoms with Gasteiger partial charge in [0.2, 0.25) is 0 Å². The van der Waals surface area contributed by atoms with E-state index in [0.717, 1.165) is 31.8 Å². The largest absolute Gasteiger partial charge is 0.396 e. The Balaban J connectivity index is 1.81. The van der Waals surface area contributed by atoms with E-state index in [2.05, 4.69) is 43.4 Å². The molecule has 2 rings (SSSR count). The van der Waals surface area contributed by atoms with Gasteiger partial charge in [0.1, 0.15) is 0 Å². The van der Waals surface area contributed by atoms with Crippen molar-refractivity contribution < 1.29 is 5.11 Å². The molecule has 0 amide bonds. The summed E-state index contributed by atoms with van der Waals surface area (Å²) in [5.41, 5.74) is 2.88.